The van der Waals surface area contributed by atoms with Gasteiger partial charge in [-0.15, -0.1) is 0 Å². The van der Waals surface area contributed by atoms with Crippen molar-refractivity contribution in [1.29, 1.82) is 0 Å². The number of hydrogen-bond acceptors (Lipinski definition) is 3. The van der Waals surface area contributed by atoms with E-state index in [0.717, 1.165) is 15.6 Å². The Kier molecular flexibility index (Phi) is 4.65. The molecule has 0 radical (unpaired) electrons. The number of anilines is 1. The number of halogens is 2. The largest absolute Gasteiger partial charge is 0.381 e. The van der Waals surface area contributed by atoms with Crippen LogP contribution in [0.5, 0.6) is 0 Å². The Balaban J connectivity index is 2.26. The summed E-state index contributed by atoms with van der Waals surface area (Å²) in [6.07, 6.45) is 0. The molecule has 0 aliphatic rings. The highest BCUT2D eigenvalue weighted by molar-refractivity contribution is 9.10. The fraction of sp³-hybridized carbons (Fsp3) is 0.143. The fourth-order valence-corrected chi connectivity index (χ4v) is 2.76. The van der Waals surface area contributed by atoms with Crippen molar-refractivity contribution in [3.8, 4) is 0 Å². The van der Waals surface area contributed by atoms with E-state index < -0.39 is 10.0 Å². The molecule has 2 aromatic carbocycles. The molecule has 0 aliphatic heterocycles. The van der Waals surface area contributed by atoms with E-state index in [1.165, 1.54) is 24.3 Å². The van der Waals surface area contributed by atoms with Crippen molar-refractivity contribution in [3.05, 3.63) is 57.8 Å². The zero-order valence-electron chi connectivity index (χ0n) is 11.2. The number of benzene rings is 2. The van der Waals surface area contributed by atoms with Crippen molar-refractivity contribution in [2.45, 2.75) is 18.4 Å². The molecular formula is C14H14BrFN2O2S. The highest BCUT2D eigenvalue weighted by Gasteiger charge is 2.10. The van der Waals surface area contributed by atoms with Crippen molar-refractivity contribution in [2.75, 3.05) is 5.32 Å². The number of rotatable bonds is 4. The predicted octanol–water partition coefficient (Wildman–Crippen LogP) is 3.16. The van der Waals surface area contributed by atoms with Crippen LogP contribution in [0.4, 0.5) is 10.1 Å². The maximum atomic E-state index is 13.2. The Hall–Kier alpha value is -1.44. The highest BCUT2D eigenvalue weighted by atomic mass is 79.9. The van der Waals surface area contributed by atoms with Crippen molar-refractivity contribution < 1.29 is 12.8 Å². The standard InChI is InChI=1S/C14H14BrFN2O2S/c1-9-2-4-12(21(17,19)20)7-14(9)18-8-10-6-11(16)3-5-13(10)15/h2-7,18H,8H2,1H3,(H2,17,19,20). The number of primary sulfonamides is 1. The van der Waals surface area contributed by atoms with Gasteiger partial charge in [0.05, 0.1) is 4.90 Å². The maximum Gasteiger partial charge on any atom is 0.238 e. The van der Waals surface area contributed by atoms with Gasteiger partial charge in [0.25, 0.3) is 0 Å². The molecule has 4 nitrogen and oxygen atoms in total. The van der Waals surface area contributed by atoms with Gasteiger partial charge in [-0.25, -0.2) is 17.9 Å². The van der Waals surface area contributed by atoms with E-state index in [-0.39, 0.29) is 10.7 Å². The van der Waals surface area contributed by atoms with Crippen LogP contribution in [0.25, 0.3) is 0 Å². The molecule has 0 heterocycles. The first-order valence-corrected chi connectivity index (χ1v) is 8.42. The van der Waals surface area contributed by atoms with Gasteiger partial charge in [0.2, 0.25) is 10.0 Å². The van der Waals surface area contributed by atoms with Gasteiger partial charge in [-0.3, -0.25) is 0 Å². The second-order valence-corrected chi connectivity index (χ2v) is 7.03. The van der Waals surface area contributed by atoms with Gasteiger partial charge in [0.1, 0.15) is 5.82 Å². The average molecular weight is 373 g/mol. The predicted molar refractivity (Wildman–Crippen MR) is 84.0 cm³/mol. The minimum Gasteiger partial charge on any atom is -0.381 e. The second kappa shape index (κ2) is 6.13. The zero-order valence-corrected chi connectivity index (χ0v) is 13.6. The summed E-state index contributed by atoms with van der Waals surface area (Å²) in [6.45, 7) is 2.20. The van der Waals surface area contributed by atoms with E-state index in [4.69, 9.17) is 5.14 Å². The van der Waals surface area contributed by atoms with E-state index in [1.54, 1.807) is 12.1 Å². The normalized spacial score (nSPS) is 11.4. The Labute approximate surface area is 131 Å². The maximum absolute atomic E-state index is 13.2. The summed E-state index contributed by atoms with van der Waals surface area (Å²) in [6, 6.07) is 8.99. The van der Waals surface area contributed by atoms with Gasteiger partial charge in [-0.1, -0.05) is 22.0 Å². The van der Waals surface area contributed by atoms with Crippen LogP contribution in [-0.4, -0.2) is 8.42 Å². The van der Waals surface area contributed by atoms with E-state index in [2.05, 4.69) is 21.2 Å². The van der Waals surface area contributed by atoms with Crippen molar-refractivity contribution >= 4 is 31.6 Å². The highest BCUT2D eigenvalue weighted by Crippen LogP contribution is 2.23. The van der Waals surface area contributed by atoms with Crippen molar-refractivity contribution in [1.82, 2.24) is 0 Å². The Morgan fingerprint density at radius 3 is 2.62 bits per heavy atom. The van der Waals surface area contributed by atoms with Crippen LogP contribution in [0.3, 0.4) is 0 Å². The van der Waals surface area contributed by atoms with E-state index in [9.17, 15) is 12.8 Å². The minimum absolute atomic E-state index is 0.0360. The monoisotopic (exact) mass is 372 g/mol. The van der Waals surface area contributed by atoms with Crippen molar-refractivity contribution in [3.63, 3.8) is 0 Å². The molecule has 0 unspecified atom stereocenters. The van der Waals surface area contributed by atoms with Crippen LogP contribution in [0.1, 0.15) is 11.1 Å². The lowest BCUT2D eigenvalue weighted by Gasteiger charge is -2.12. The van der Waals surface area contributed by atoms with Crippen LogP contribution in [-0.2, 0) is 16.6 Å². The lowest BCUT2D eigenvalue weighted by atomic mass is 10.1. The lowest BCUT2D eigenvalue weighted by molar-refractivity contribution is 0.598. The summed E-state index contributed by atoms with van der Waals surface area (Å²) in [5, 5.41) is 8.21. The Morgan fingerprint density at radius 2 is 1.95 bits per heavy atom. The molecule has 7 heteroatoms. The zero-order chi connectivity index (χ0) is 15.6. The van der Waals surface area contributed by atoms with Gasteiger partial charge in [-0.05, 0) is 48.4 Å². The molecule has 2 rings (SSSR count). The molecule has 0 spiro atoms. The van der Waals surface area contributed by atoms with Crippen molar-refractivity contribution in [2.24, 2.45) is 5.14 Å². The molecular weight excluding hydrogens is 359 g/mol. The number of nitrogens with one attached hydrogen (secondary N) is 1. The first kappa shape index (κ1) is 15.9. The SMILES string of the molecule is Cc1ccc(S(N)(=O)=O)cc1NCc1cc(F)ccc1Br. The van der Waals surface area contributed by atoms with Gasteiger partial charge in [-0.2, -0.15) is 0 Å². The molecule has 0 amide bonds. The van der Waals surface area contributed by atoms with E-state index >= 15 is 0 Å². The fourth-order valence-electron chi connectivity index (χ4n) is 1.84. The van der Waals surface area contributed by atoms with E-state index in [0.29, 0.717) is 12.2 Å². The molecule has 0 aliphatic carbocycles. The molecule has 0 saturated heterocycles. The van der Waals surface area contributed by atoms with Crippen LogP contribution in [0, 0.1) is 12.7 Å². The molecule has 0 fully saturated rings. The number of aryl methyl sites for hydroxylation is 1. The van der Waals surface area contributed by atoms with Gasteiger partial charge >= 0.3 is 0 Å². The molecule has 0 aromatic heterocycles. The summed E-state index contributed by atoms with van der Waals surface area (Å²) < 4.78 is 36.7. The molecule has 3 N–H and O–H groups in total. The van der Waals surface area contributed by atoms with Crippen LogP contribution in [0.2, 0.25) is 0 Å². The number of sulfonamides is 1. The minimum atomic E-state index is -3.75. The first-order chi connectivity index (χ1) is 9.77. The van der Waals surface area contributed by atoms with E-state index in [1.807, 2.05) is 6.92 Å². The average Bonchev–Trinajstić information content (AvgIpc) is 2.40. The third kappa shape index (κ3) is 4.03. The first-order valence-electron chi connectivity index (χ1n) is 6.08. The molecule has 21 heavy (non-hydrogen) atoms. The van der Waals surface area contributed by atoms with Crippen LogP contribution < -0.4 is 10.5 Å². The Bertz CT molecular complexity index is 779. The molecule has 0 bridgehead atoms. The van der Waals surface area contributed by atoms with Gasteiger partial charge in [0, 0.05) is 16.7 Å². The summed E-state index contributed by atoms with van der Waals surface area (Å²) in [7, 11) is -3.75. The molecule has 2 aromatic rings. The number of hydrogen-bond donors (Lipinski definition) is 2. The second-order valence-electron chi connectivity index (χ2n) is 4.61. The van der Waals surface area contributed by atoms with Gasteiger partial charge in [0.15, 0.2) is 0 Å². The summed E-state index contributed by atoms with van der Waals surface area (Å²) in [5.41, 5.74) is 2.24. The van der Waals surface area contributed by atoms with Crippen LogP contribution >= 0.6 is 15.9 Å². The topological polar surface area (TPSA) is 72.2 Å². The molecule has 0 atom stereocenters. The van der Waals surface area contributed by atoms with Crippen LogP contribution in [0.15, 0.2) is 45.8 Å². The Morgan fingerprint density at radius 1 is 1.24 bits per heavy atom. The van der Waals surface area contributed by atoms with Gasteiger partial charge < -0.3 is 5.32 Å². The quantitative estimate of drug-likeness (QED) is 0.865. The third-order valence-electron chi connectivity index (χ3n) is 3.01. The summed E-state index contributed by atoms with van der Waals surface area (Å²) in [5.74, 6) is -0.329. The lowest BCUT2D eigenvalue weighted by Crippen LogP contribution is -2.13. The summed E-state index contributed by atoms with van der Waals surface area (Å²) >= 11 is 3.35. The molecule has 112 valence electrons. The molecule has 0 saturated carbocycles. The third-order valence-corrected chi connectivity index (χ3v) is 4.70. The summed E-state index contributed by atoms with van der Waals surface area (Å²) in [4.78, 5) is 0.0360. The smallest absolute Gasteiger partial charge is 0.238 e. The number of nitrogens with two attached hydrogens (primary N) is 1.